The Morgan fingerprint density at radius 2 is 1.94 bits per heavy atom. The first kappa shape index (κ1) is 23.0. The van der Waals surface area contributed by atoms with Gasteiger partial charge in [-0.1, -0.05) is 19.9 Å². The third-order valence-corrected chi connectivity index (χ3v) is 6.05. The molecule has 7 nitrogen and oxygen atoms in total. The average molecular weight is 427 g/mol. The molecule has 2 N–H and O–H groups in total. The Kier molecular flexibility index (Phi) is 8.23. The third-order valence-electron chi connectivity index (χ3n) is 6.05. The SMILES string of the molecule is CCc1cnc(Nc2cc([C@@H](CC)CC(=O)O)ccc2N(CC)C2CCOCC2)nc1. The maximum Gasteiger partial charge on any atom is 0.303 e. The lowest BCUT2D eigenvalue weighted by molar-refractivity contribution is -0.137. The zero-order valence-electron chi connectivity index (χ0n) is 18.8. The van der Waals surface area contributed by atoms with Crippen molar-refractivity contribution in [3.05, 3.63) is 41.7 Å². The fraction of sp³-hybridized carbons (Fsp3) is 0.542. The first-order chi connectivity index (χ1) is 15.0. The number of aromatic nitrogens is 2. The van der Waals surface area contributed by atoms with Crippen LogP contribution in [0.5, 0.6) is 0 Å². The Morgan fingerprint density at radius 3 is 2.52 bits per heavy atom. The zero-order chi connectivity index (χ0) is 22.2. The van der Waals surface area contributed by atoms with Crippen molar-refractivity contribution >= 4 is 23.3 Å². The lowest BCUT2D eigenvalue weighted by atomic mass is 9.92. The van der Waals surface area contributed by atoms with Crippen molar-refractivity contribution in [2.24, 2.45) is 0 Å². The molecule has 1 atom stereocenters. The Morgan fingerprint density at radius 1 is 1.23 bits per heavy atom. The monoisotopic (exact) mass is 426 g/mol. The molecular formula is C24H34N4O3. The summed E-state index contributed by atoms with van der Waals surface area (Å²) >= 11 is 0. The molecule has 1 aromatic carbocycles. The van der Waals surface area contributed by atoms with Crippen LogP contribution in [-0.4, -0.2) is 46.8 Å². The number of carboxylic acids is 1. The van der Waals surface area contributed by atoms with E-state index in [1.54, 1.807) is 0 Å². The largest absolute Gasteiger partial charge is 0.481 e. The summed E-state index contributed by atoms with van der Waals surface area (Å²) in [4.78, 5) is 22.7. The standard InChI is InChI=1S/C24H34N4O3/c1-4-17-15-25-24(26-16-17)27-21-13-19(18(5-2)14-23(29)30)7-8-22(21)28(6-3)20-9-11-31-12-10-20/h7-8,13,15-16,18,20H,4-6,9-12,14H2,1-3H3,(H,29,30)(H,25,26,27)/t18-/m0/s1. The molecule has 0 aliphatic carbocycles. The second kappa shape index (κ2) is 11.1. The van der Waals surface area contributed by atoms with Crippen LogP contribution in [0.25, 0.3) is 0 Å². The Bertz CT molecular complexity index is 850. The molecule has 2 heterocycles. The summed E-state index contributed by atoms with van der Waals surface area (Å²) in [5.41, 5.74) is 4.11. The number of nitrogens with zero attached hydrogens (tertiary/aromatic N) is 3. The summed E-state index contributed by atoms with van der Waals surface area (Å²) in [6, 6.07) is 6.67. The lowest BCUT2D eigenvalue weighted by Gasteiger charge is -2.36. The number of carboxylic acid groups (broad SMARTS) is 1. The van der Waals surface area contributed by atoms with Gasteiger partial charge in [0.05, 0.1) is 17.8 Å². The number of hydrogen-bond acceptors (Lipinski definition) is 6. The summed E-state index contributed by atoms with van der Waals surface area (Å²) in [6.07, 6.45) is 7.45. The van der Waals surface area contributed by atoms with Gasteiger partial charge in [-0.2, -0.15) is 0 Å². The number of nitrogens with one attached hydrogen (secondary N) is 1. The highest BCUT2D eigenvalue weighted by Crippen LogP contribution is 2.35. The minimum absolute atomic E-state index is 0.0337. The van der Waals surface area contributed by atoms with Crippen molar-refractivity contribution in [2.75, 3.05) is 30.0 Å². The van der Waals surface area contributed by atoms with Crippen LogP contribution in [-0.2, 0) is 16.0 Å². The molecule has 168 valence electrons. The number of benzene rings is 1. The van der Waals surface area contributed by atoms with Gasteiger partial charge in [-0.05, 0) is 61.8 Å². The highest BCUT2D eigenvalue weighted by atomic mass is 16.5. The van der Waals surface area contributed by atoms with E-state index in [1.165, 1.54) is 0 Å². The van der Waals surface area contributed by atoms with Gasteiger partial charge in [-0.3, -0.25) is 4.79 Å². The van der Waals surface area contributed by atoms with Gasteiger partial charge in [0.1, 0.15) is 0 Å². The molecule has 0 radical (unpaired) electrons. The summed E-state index contributed by atoms with van der Waals surface area (Å²) in [5.74, 6) is -0.264. The van der Waals surface area contributed by atoms with E-state index in [-0.39, 0.29) is 12.3 Å². The highest BCUT2D eigenvalue weighted by Gasteiger charge is 2.24. The van der Waals surface area contributed by atoms with Gasteiger partial charge < -0.3 is 20.1 Å². The van der Waals surface area contributed by atoms with Crippen LogP contribution in [0.2, 0.25) is 0 Å². The molecule has 3 rings (SSSR count). The van der Waals surface area contributed by atoms with Crippen LogP contribution in [0.4, 0.5) is 17.3 Å². The van der Waals surface area contributed by atoms with Crippen LogP contribution >= 0.6 is 0 Å². The van der Waals surface area contributed by atoms with Gasteiger partial charge in [-0.15, -0.1) is 0 Å². The van der Waals surface area contributed by atoms with E-state index in [9.17, 15) is 9.90 Å². The van der Waals surface area contributed by atoms with Crippen LogP contribution in [0.3, 0.4) is 0 Å². The van der Waals surface area contributed by atoms with Gasteiger partial charge in [0.2, 0.25) is 5.95 Å². The second-order valence-electron chi connectivity index (χ2n) is 8.00. The van der Waals surface area contributed by atoms with Crippen molar-refractivity contribution < 1.29 is 14.6 Å². The molecule has 0 amide bonds. The lowest BCUT2D eigenvalue weighted by Crippen LogP contribution is -2.39. The second-order valence-corrected chi connectivity index (χ2v) is 8.00. The predicted octanol–water partition coefficient (Wildman–Crippen LogP) is 4.76. The summed E-state index contributed by atoms with van der Waals surface area (Å²) in [6.45, 7) is 8.70. The fourth-order valence-electron chi connectivity index (χ4n) is 4.21. The van der Waals surface area contributed by atoms with Crippen molar-refractivity contribution in [3.63, 3.8) is 0 Å². The fourth-order valence-corrected chi connectivity index (χ4v) is 4.21. The van der Waals surface area contributed by atoms with Crippen LogP contribution in [0.15, 0.2) is 30.6 Å². The van der Waals surface area contributed by atoms with Crippen molar-refractivity contribution in [1.29, 1.82) is 0 Å². The van der Waals surface area contributed by atoms with Gasteiger partial charge in [-0.25, -0.2) is 9.97 Å². The molecule has 1 fully saturated rings. The number of hydrogen-bond donors (Lipinski definition) is 2. The van der Waals surface area contributed by atoms with E-state index in [0.717, 1.165) is 67.9 Å². The number of aliphatic carboxylic acids is 1. The number of anilines is 3. The van der Waals surface area contributed by atoms with Crippen LogP contribution in [0, 0.1) is 0 Å². The highest BCUT2D eigenvalue weighted by molar-refractivity contribution is 5.75. The average Bonchev–Trinajstić information content (AvgIpc) is 2.80. The van der Waals surface area contributed by atoms with Gasteiger partial charge >= 0.3 is 5.97 Å². The molecule has 0 spiro atoms. The van der Waals surface area contributed by atoms with E-state index >= 15 is 0 Å². The van der Waals surface area contributed by atoms with E-state index in [0.29, 0.717) is 12.0 Å². The minimum atomic E-state index is -0.777. The number of ether oxygens (including phenoxy) is 1. The molecule has 31 heavy (non-hydrogen) atoms. The first-order valence-electron chi connectivity index (χ1n) is 11.3. The Labute approximate surface area is 184 Å². The zero-order valence-corrected chi connectivity index (χ0v) is 18.8. The molecule has 7 heteroatoms. The van der Waals surface area contributed by atoms with E-state index in [4.69, 9.17) is 4.74 Å². The summed E-state index contributed by atoms with van der Waals surface area (Å²) in [7, 11) is 0. The van der Waals surface area contributed by atoms with Crippen molar-refractivity contribution in [1.82, 2.24) is 9.97 Å². The molecule has 1 aliphatic rings. The maximum atomic E-state index is 11.4. The summed E-state index contributed by atoms with van der Waals surface area (Å²) < 4.78 is 5.56. The molecule has 2 aromatic rings. The van der Waals surface area contributed by atoms with Gasteiger partial charge in [0.15, 0.2) is 0 Å². The number of rotatable bonds is 10. The van der Waals surface area contributed by atoms with E-state index in [2.05, 4.69) is 52.2 Å². The molecular weight excluding hydrogens is 392 g/mol. The quantitative estimate of drug-likeness (QED) is 0.566. The Hall–Kier alpha value is -2.67. The normalized spacial score (nSPS) is 15.5. The van der Waals surface area contributed by atoms with Crippen molar-refractivity contribution in [3.8, 4) is 0 Å². The smallest absolute Gasteiger partial charge is 0.303 e. The minimum Gasteiger partial charge on any atom is -0.481 e. The van der Waals surface area contributed by atoms with Crippen LogP contribution < -0.4 is 10.2 Å². The van der Waals surface area contributed by atoms with E-state index < -0.39 is 5.97 Å². The molecule has 0 saturated carbocycles. The third kappa shape index (κ3) is 5.94. The first-order valence-corrected chi connectivity index (χ1v) is 11.3. The van der Waals surface area contributed by atoms with Crippen LogP contribution in [0.1, 0.15) is 63.5 Å². The van der Waals surface area contributed by atoms with Crippen molar-refractivity contribution in [2.45, 2.75) is 64.8 Å². The van der Waals surface area contributed by atoms with E-state index in [1.807, 2.05) is 19.3 Å². The molecule has 0 bridgehead atoms. The number of carbonyl (C=O) groups is 1. The molecule has 0 unspecified atom stereocenters. The topological polar surface area (TPSA) is 87.6 Å². The Balaban J connectivity index is 1.97. The van der Waals surface area contributed by atoms with Gasteiger partial charge in [0.25, 0.3) is 0 Å². The molecule has 1 aromatic heterocycles. The van der Waals surface area contributed by atoms with Gasteiger partial charge in [0, 0.05) is 38.2 Å². The molecule has 1 aliphatic heterocycles. The summed E-state index contributed by atoms with van der Waals surface area (Å²) in [5, 5.41) is 12.7. The predicted molar refractivity (Wildman–Crippen MR) is 123 cm³/mol. The maximum absolute atomic E-state index is 11.4. The number of aryl methyl sites for hydroxylation is 1. The molecule has 1 saturated heterocycles.